The minimum absolute atomic E-state index is 0.205. The van der Waals surface area contributed by atoms with Crippen molar-refractivity contribution in [2.45, 2.75) is 38.7 Å². The molecule has 1 atom stereocenters. The first-order chi connectivity index (χ1) is 9.53. The van der Waals surface area contributed by atoms with Gasteiger partial charge in [0.2, 0.25) is 0 Å². The number of morpholine rings is 1. The van der Waals surface area contributed by atoms with E-state index >= 15 is 0 Å². The Bertz CT molecular complexity index is 279. The Balaban J connectivity index is 2.15. The highest BCUT2D eigenvalue weighted by molar-refractivity contribution is 5.73. The first-order valence-corrected chi connectivity index (χ1v) is 7.58. The molecule has 0 saturated carbocycles. The van der Waals surface area contributed by atoms with Crippen LogP contribution >= 0.6 is 0 Å². The lowest BCUT2D eigenvalue weighted by atomic mass is 10.1. The number of aliphatic hydroxyl groups is 1. The third kappa shape index (κ3) is 7.67. The molecule has 118 valence electrons. The Morgan fingerprint density at radius 3 is 2.65 bits per heavy atom. The van der Waals surface area contributed by atoms with Gasteiger partial charge in [-0.2, -0.15) is 0 Å². The highest BCUT2D eigenvalue weighted by Gasteiger charge is 2.25. The van der Waals surface area contributed by atoms with Gasteiger partial charge in [0.1, 0.15) is 0 Å². The van der Waals surface area contributed by atoms with Crippen LogP contribution in [0.25, 0.3) is 0 Å². The van der Waals surface area contributed by atoms with Crippen molar-refractivity contribution in [3.05, 3.63) is 0 Å². The van der Waals surface area contributed by atoms with Gasteiger partial charge >= 0.3 is 6.03 Å². The van der Waals surface area contributed by atoms with Crippen LogP contribution in [0.2, 0.25) is 0 Å². The van der Waals surface area contributed by atoms with Gasteiger partial charge in [0.25, 0.3) is 0 Å². The van der Waals surface area contributed by atoms with Crippen LogP contribution in [-0.2, 0) is 4.74 Å². The van der Waals surface area contributed by atoms with Crippen molar-refractivity contribution >= 4 is 6.03 Å². The van der Waals surface area contributed by atoms with Crippen LogP contribution in [0.4, 0.5) is 4.79 Å². The summed E-state index contributed by atoms with van der Waals surface area (Å²) < 4.78 is 5.27. The number of nitrogens with zero attached hydrogens (tertiary/aromatic N) is 1. The molecular weight excluding hydrogens is 258 g/mol. The molecule has 0 radical (unpaired) electrons. The summed E-state index contributed by atoms with van der Waals surface area (Å²) in [6.07, 6.45) is 3.25. The molecule has 1 unspecified atom stereocenters. The second-order valence-corrected chi connectivity index (χ2v) is 5.70. The summed E-state index contributed by atoms with van der Waals surface area (Å²) in [5, 5.41) is 15.8. The summed E-state index contributed by atoms with van der Waals surface area (Å²) in [5.74, 6) is 0. The maximum absolute atomic E-state index is 11.6. The molecule has 1 heterocycles. The lowest BCUT2D eigenvalue weighted by Gasteiger charge is -2.33. The number of carbonyl (C=O) groups is 1. The van der Waals surface area contributed by atoms with Crippen LogP contribution in [0, 0.1) is 0 Å². The number of amides is 2. The van der Waals surface area contributed by atoms with E-state index in [4.69, 9.17) is 4.74 Å². The van der Waals surface area contributed by atoms with Crippen molar-refractivity contribution < 1.29 is 14.6 Å². The van der Waals surface area contributed by atoms with Crippen LogP contribution in [0.15, 0.2) is 0 Å². The number of ether oxygens (including phenoxy) is 1. The van der Waals surface area contributed by atoms with E-state index in [9.17, 15) is 9.90 Å². The predicted octanol–water partition coefficient (Wildman–Crippen LogP) is 0.559. The average molecular weight is 287 g/mol. The molecule has 0 aromatic heterocycles. The normalized spacial score (nSPS) is 19.4. The zero-order valence-corrected chi connectivity index (χ0v) is 12.8. The SMILES string of the molecule is CCCCCNC(=O)NCC(C)(O)CN1CCOCC1. The number of rotatable bonds is 8. The van der Waals surface area contributed by atoms with E-state index in [1.165, 1.54) is 0 Å². The lowest BCUT2D eigenvalue weighted by molar-refractivity contribution is -0.0206. The van der Waals surface area contributed by atoms with Crippen molar-refractivity contribution in [3.8, 4) is 0 Å². The smallest absolute Gasteiger partial charge is 0.314 e. The zero-order valence-electron chi connectivity index (χ0n) is 12.8. The molecule has 6 heteroatoms. The van der Waals surface area contributed by atoms with Gasteiger partial charge in [-0.05, 0) is 13.3 Å². The summed E-state index contributed by atoms with van der Waals surface area (Å²) >= 11 is 0. The minimum Gasteiger partial charge on any atom is -0.387 e. The highest BCUT2D eigenvalue weighted by atomic mass is 16.5. The summed E-state index contributed by atoms with van der Waals surface area (Å²) in [6, 6.07) is -0.205. The van der Waals surface area contributed by atoms with Gasteiger partial charge in [-0.15, -0.1) is 0 Å². The van der Waals surface area contributed by atoms with Gasteiger partial charge in [0, 0.05) is 32.7 Å². The fourth-order valence-electron chi connectivity index (χ4n) is 2.21. The molecule has 0 aliphatic carbocycles. The topological polar surface area (TPSA) is 73.8 Å². The molecule has 20 heavy (non-hydrogen) atoms. The monoisotopic (exact) mass is 287 g/mol. The summed E-state index contributed by atoms with van der Waals surface area (Å²) in [7, 11) is 0. The molecule has 0 aromatic carbocycles. The number of nitrogens with one attached hydrogen (secondary N) is 2. The Kier molecular flexibility index (Phi) is 7.87. The van der Waals surface area contributed by atoms with E-state index in [0.717, 1.165) is 32.4 Å². The highest BCUT2D eigenvalue weighted by Crippen LogP contribution is 2.07. The first kappa shape index (κ1) is 17.2. The number of hydrogen-bond donors (Lipinski definition) is 3. The van der Waals surface area contributed by atoms with Gasteiger partial charge in [-0.25, -0.2) is 4.79 Å². The van der Waals surface area contributed by atoms with Crippen molar-refractivity contribution in [1.82, 2.24) is 15.5 Å². The Morgan fingerprint density at radius 1 is 1.30 bits per heavy atom. The quantitative estimate of drug-likeness (QED) is 0.570. The largest absolute Gasteiger partial charge is 0.387 e. The number of carbonyl (C=O) groups excluding carboxylic acids is 1. The molecule has 2 amide bonds. The summed E-state index contributed by atoms with van der Waals surface area (Å²) in [6.45, 7) is 8.45. The number of β-amino-alcohol motifs (C(OH)–C–C–N with tert-alkyl or cyclic N) is 1. The van der Waals surface area contributed by atoms with Gasteiger partial charge in [-0.3, -0.25) is 4.90 Å². The maximum Gasteiger partial charge on any atom is 0.314 e. The van der Waals surface area contributed by atoms with Crippen molar-refractivity contribution in [1.29, 1.82) is 0 Å². The fourth-order valence-corrected chi connectivity index (χ4v) is 2.21. The molecule has 1 fully saturated rings. The molecule has 1 aliphatic rings. The Labute approximate surface area is 121 Å². The number of urea groups is 1. The van der Waals surface area contributed by atoms with Crippen LogP contribution < -0.4 is 10.6 Å². The van der Waals surface area contributed by atoms with E-state index in [-0.39, 0.29) is 12.6 Å². The van der Waals surface area contributed by atoms with E-state index in [2.05, 4.69) is 22.5 Å². The maximum atomic E-state index is 11.6. The summed E-state index contributed by atoms with van der Waals surface area (Å²) in [5.41, 5.74) is -0.919. The molecule has 6 nitrogen and oxygen atoms in total. The van der Waals surface area contributed by atoms with E-state index in [0.29, 0.717) is 26.3 Å². The molecule has 0 aromatic rings. The zero-order chi connectivity index (χ0) is 14.8. The van der Waals surface area contributed by atoms with E-state index < -0.39 is 5.60 Å². The summed E-state index contributed by atoms with van der Waals surface area (Å²) in [4.78, 5) is 13.7. The van der Waals surface area contributed by atoms with Gasteiger partial charge in [-0.1, -0.05) is 19.8 Å². The minimum atomic E-state index is -0.919. The molecule has 3 N–H and O–H groups in total. The van der Waals surface area contributed by atoms with E-state index in [1.54, 1.807) is 6.92 Å². The molecule has 0 bridgehead atoms. The second-order valence-electron chi connectivity index (χ2n) is 5.70. The second kappa shape index (κ2) is 9.15. The third-order valence-electron chi connectivity index (χ3n) is 3.36. The molecule has 0 spiro atoms. The Hall–Kier alpha value is -0.850. The van der Waals surface area contributed by atoms with E-state index in [1.807, 2.05) is 0 Å². The third-order valence-corrected chi connectivity index (χ3v) is 3.36. The van der Waals surface area contributed by atoms with Gasteiger partial charge < -0.3 is 20.5 Å². The van der Waals surface area contributed by atoms with Crippen LogP contribution in [-0.4, -0.2) is 67.6 Å². The van der Waals surface area contributed by atoms with Crippen molar-refractivity contribution in [3.63, 3.8) is 0 Å². The van der Waals surface area contributed by atoms with Crippen LogP contribution in [0.1, 0.15) is 33.1 Å². The van der Waals surface area contributed by atoms with Crippen molar-refractivity contribution in [2.75, 3.05) is 45.9 Å². The van der Waals surface area contributed by atoms with Gasteiger partial charge in [0.15, 0.2) is 0 Å². The molecule has 1 rings (SSSR count). The van der Waals surface area contributed by atoms with Crippen LogP contribution in [0.3, 0.4) is 0 Å². The average Bonchev–Trinajstić information content (AvgIpc) is 2.42. The number of unbranched alkanes of at least 4 members (excludes halogenated alkanes) is 2. The predicted molar refractivity (Wildman–Crippen MR) is 78.8 cm³/mol. The molecule has 1 saturated heterocycles. The number of hydrogen-bond acceptors (Lipinski definition) is 4. The fraction of sp³-hybridized carbons (Fsp3) is 0.929. The first-order valence-electron chi connectivity index (χ1n) is 7.58. The van der Waals surface area contributed by atoms with Gasteiger partial charge in [0.05, 0.1) is 18.8 Å². The molecule has 1 aliphatic heterocycles. The Morgan fingerprint density at radius 2 is 2.00 bits per heavy atom. The lowest BCUT2D eigenvalue weighted by Crippen LogP contribution is -2.52. The standard InChI is InChI=1S/C14H29N3O3/c1-3-4-5-6-15-13(18)16-11-14(2,19)12-17-7-9-20-10-8-17/h19H,3-12H2,1-2H3,(H2,15,16,18). The molecular formula is C14H29N3O3. The van der Waals surface area contributed by atoms with Crippen LogP contribution in [0.5, 0.6) is 0 Å². The van der Waals surface area contributed by atoms with Crippen molar-refractivity contribution in [2.24, 2.45) is 0 Å².